The van der Waals surface area contributed by atoms with Crippen molar-refractivity contribution in [1.29, 1.82) is 0 Å². The standard InChI is InChI=1S/C21H22O5/c1-23-18-7-5-6-15(12-18)8-10-17(22)11-9-16-13-20(25-3)21(26-4)14-19(16)24-2/h5-14H,1-4H3/b10-8+,11-9+. The molecule has 0 unspecified atom stereocenters. The summed E-state index contributed by atoms with van der Waals surface area (Å²) in [5, 5.41) is 0. The lowest BCUT2D eigenvalue weighted by Crippen LogP contribution is -1.95. The summed E-state index contributed by atoms with van der Waals surface area (Å²) in [6, 6.07) is 10.9. The summed E-state index contributed by atoms with van der Waals surface area (Å²) in [6.45, 7) is 0. The van der Waals surface area contributed by atoms with E-state index in [1.807, 2.05) is 24.3 Å². The second-order valence-corrected chi connectivity index (χ2v) is 5.29. The Kier molecular flexibility index (Phi) is 6.85. The Hall–Kier alpha value is -3.21. The second-order valence-electron chi connectivity index (χ2n) is 5.29. The Morgan fingerprint density at radius 1 is 0.769 bits per heavy atom. The molecule has 0 aliphatic carbocycles. The molecule has 0 aliphatic rings. The van der Waals surface area contributed by atoms with E-state index < -0.39 is 0 Å². The predicted octanol–water partition coefficient (Wildman–Crippen LogP) is 4.02. The average molecular weight is 354 g/mol. The largest absolute Gasteiger partial charge is 0.497 e. The summed E-state index contributed by atoms with van der Waals surface area (Å²) in [5.41, 5.74) is 1.60. The number of methoxy groups -OCH3 is 4. The average Bonchev–Trinajstić information content (AvgIpc) is 2.69. The lowest BCUT2D eigenvalue weighted by molar-refractivity contribution is -0.110. The summed E-state index contributed by atoms with van der Waals surface area (Å²) < 4.78 is 21.0. The Morgan fingerprint density at radius 2 is 1.42 bits per heavy atom. The van der Waals surface area contributed by atoms with Crippen LogP contribution in [-0.4, -0.2) is 34.2 Å². The van der Waals surface area contributed by atoms with Crippen LogP contribution < -0.4 is 18.9 Å². The molecular weight excluding hydrogens is 332 g/mol. The molecule has 2 aromatic carbocycles. The van der Waals surface area contributed by atoms with Crippen molar-refractivity contribution in [2.24, 2.45) is 0 Å². The monoisotopic (exact) mass is 354 g/mol. The third kappa shape index (κ3) is 4.89. The van der Waals surface area contributed by atoms with Gasteiger partial charge in [-0.2, -0.15) is 0 Å². The van der Waals surface area contributed by atoms with Gasteiger partial charge in [0.25, 0.3) is 0 Å². The quantitative estimate of drug-likeness (QED) is 0.670. The fourth-order valence-electron chi connectivity index (χ4n) is 2.33. The van der Waals surface area contributed by atoms with E-state index in [1.165, 1.54) is 12.2 Å². The number of carbonyl (C=O) groups excluding carboxylic acids is 1. The van der Waals surface area contributed by atoms with Crippen molar-refractivity contribution in [3.63, 3.8) is 0 Å². The zero-order chi connectivity index (χ0) is 18.9. The van der Waals surface area contributed by atoms with Crippen LogP contribution in [0.3, 0.4) is 0 Å². The van der Waals surface area contributed by atoms with E-state index in [0.717, 1.165) is 11.3 Å². The normalized spacial score (nSPS) is 10.9. The van der Waals surface area contributed by atoms with Crippen LogP contribution in [0.25, 0.3) is 12.2 Å². The van der Waals surface area contributed by atoms with Crippen LogP contribution in [0.1, 0.15) is 11.1 Å². The maximum absolute atomic E-state index is 12.1. The first-order valence-electron chi connectivity index (χ1n) is 7.95. The zero-order valence-electron chi connectivity index (χ0n) is 15.3. The van der Waals surface area contributed by atoms with Crippen LogP contribution in [0.4, 0.5) is 0 Å². The molecule has 0 radical (unpaired) electrons. The molecule has 0 aliphatic heterocycles. The topological polar surface area (TPSA) is 54.0 Å². The number of carbonyl (C=O) groups is 1. The number of ketones is 1. The van der Waals surface area contributed by atoms with Crippen molar-refractivity contribution in [2.75, 3.05) is 28.4 Å². The molecule has 2 rings (SSSR count). The van der Waals surface area contributed by atoms with Crippen molar-refractivity contribution in [1.82, 2.24) is 0 Å². The van der Waals surface area contributed by atoms with Gasteiger partial charge >= 0.3 is 0 Å². The summed E-state index contributed by atoms with van der Waals surface area (Å²) in [4.78, 5) is 12.1. The van der Waals surface area contributed by atoms with Gasteiger partial charge in [-0.1, -0.05) is 18.2 Å². The van der Waals surface area contributed by atoms with Gasteiger partial charge in [-0.25, -0.2) is 0 Å². The van der Waals surface area contributed by atoms with E-state index in [0.29, 0.717) is 22.8 Å². The molecule has 0 saturated carbocycles. The smallest absolute Gasteiger partial charge is 0.178 e. The first kappa shape index (κ1) is 19.1. The summed E-state index contributed by atoms with van der Waals surface area (Å²) in [5.74, 6) is 2.30. The van der Waals surface area contributed by atoms with Crippen LogP contribution in [0.5, 0.6) is 23.0 Å². The molecule has 26 heavy (non-hydrogen) atoms. The maximum Gasteiger partial charge on any atom is 0.178 e. The van der Waals surface area contributed by atoms with Crippen molar-refractivity contribution < 1.29 is 23.7 Å². The molecule has 5 heteroatoms. The number of ether oxygens (including phenoxy) is 4. The van der Waals surface area contributed by atoms with E-state index in [-0.39, 0.29) is 5.78 Å². The van der Waals surface area contributed by atoms with Crippen LogP contribution in [-0.2, 0) is 4.79 Å². The molecule has 0 bridgehead atoms. The number of rotatable bonds is 8. The van der Waals surface area contributed by atoms with Gasteiger partial charge in [-0.15, -0.1) is 0 Å². The highest BCUT2D eigenvalue weighted by Crippen LogP contribution is 2.35. The number of allylic oxidation sites excluding steroid dienone is 2. The van der Waals surface area contributed by atoms with Gasteiger partial charge in [0.15, 0.2) is 17.3 Å². The van der Waals surface area contributed by atoms with E-state index in [9.17, 15) is 4.79 Å². The minimum Gasteiger partial charge on any atom is -0.497 e. The first-order chi connectivity index (χ1) is 12.6. The van der Waals surface area contributed by atoms with Gasteiger partial charge in [0.05, 0.1) is 28.4 Å². The van der Waals surface area contributed by atoms with Crippen LogP contribution in [0.2, 0.25) is 0 Å². The van der Waals surface area contributed by atoms with Crippen molar-refractivity contribution in [3.8, 4) is 23.0 Å². The number of benzene rings is 2. The molecule has 2 aromatic rings. The minimum atomic E-state index is -0.148. The van der Waals surface area contributed by atoms with Crippen LogP contribution >= 0.6 is 0 Å². The van der Waals surface area contributed by atoms with Crippen LogP contribution in [0.15, 0.2) is 48.6 Å². The van der Waals surface area contributed by atoms with Gasteiger partial charge in [0, 0.05) is 11.6 Å². The van der Waals surface area contributed by atoms with Crippen LogP contribution in [0, 0.1) is 0 Å². The van der Waals surface area contributed by atoms with Crippen molar-refractivity contribution in [3.05, 3.63) is 59.7 Å². The predicted molar refractivity (Wildman–Crippen MR) is 102 cm³/mol. The molecule has 0 fully saturated rings. The lowest BCUT2D eigenvalue weighted by Gasteiger charge is -2.11. The molecule has 136 valence electrons. The number of hydrogen-bond donors (Lipinski definition) is 0. The molecule has 0 atom stereocenters. The first-order valence-corrected chi connectivity index (χ1v) is 7.95. The van der Waals surface area contributed by atoms with Gasteiger partial charge in [-0.05, 0) is 42.0 Å². The van der Waals surface area contributed by atoms with Gasteiger partial charge in [-0.3, -0.25) is 4.79 Å². The summed E-state index contributed by atoms with van der Waals surface area (Å²) >= 11 is 0. The third-order valence-electron chi connectivity index (χ3n) is 3.70. The van der Waals surface area contributed by atoms with Gasteiger partial charge in [0.1, 0.15) is 11.5 Å². The molecule has 0 heterocycles. The minimum absolute atomic E-state index is 0.148. The van der Waals surface area contributed by atoms with E-state index in [1.54, 1.807) is 52.7 Å². The van der Waals surface area contributed by atoms with E-state index in [4.69, 9.17) is 18.9 Å². The number of hydrogen-bond acceptors (Lipinski definition) is 5. The summed E-state index contributed by atoms with van der Waals surface area (Å²) in [6.07, 6.45) is 6.39. The SMILES string of the molecule is COc1cccc(/C=C/C(=O)/C=C/c2cc(OC)c(OC)cc2OC)c1. The second kappa shape index (κ2) is 9.32. The van der Waals surface area contributed by atoms with E-state index >= 15 is 0 Å². The fourth-order valence-corrected chi connectivity index (χ4v) is 2.33. The summed E-state index contributed by atoms with van der Waals surface area (Å²) in [7, 11) is 6.27. The highest BCUT2D eigenvalue weighted by Gasteiger charge is 2.10. The highest BCUT2D eigenvalue weighted by molar-refractivity contribution is 6.04. The Morgan fingerprint density at radius 3 is 2.08 bits per heavy atom. The Labute approximate surface area is 153 Å². The van der Waals surface area contributed by atoms with Crippen molar-refractivity contribution in [2.45, 2.75) is 0 Å². The molecule has 5 nitrogen and oxygen atoms in total. The van der Waals surface area contributed by atoms with Gasteiger partial charge < -0.3 is 18.9 Å². The molecule has 0 aromatic heterocycles. The molecule has 0 N–H and O–H groups in total. The Balaban J connectivity index is 2.17. The van der Waals surface area contributed by atoms with E-state index in [2.05, 4.69) is 0 Å². The third-order valence-corrected chi connectivity index (χ3v) is 3.70. The molecular formula is C21H22O5. The zero-order valence-corrected chi connectivity index (χ0v) is 15.3. The molecule has 0 saturated heterocycles. The lowest BCUT2D eigenvalue weighted by atomic mass is 10.1. The van der Waals surface area contributed by atoms with Gasteiger partial charge in [0.2, 0.25) is 0 Å². The maximum atomic E-state index is 12.1. The fraction of sp³-hybridized carbons (Fsp3) is 0.190. The Bertz CT molecular complexity index is 821. The van der Waals surface area contributed by atoms with Crippen molar-refractivity contribution >= 4 is 17.9 Å². The highest BCUT2D eigenvalue weighted by atomic mass is 16.5. The molecule has 0 amide bonds. The molecule has 0 spiro atoms.